The van der Waals surface area contributed by atoms with Crippen LogP contribution in [0.4, 0.5) is 19.0 Å². The van der Waals surface area contributed by atoms with Crippen LogP contribution in [0.15, 0.2) is 42.6 Å². The number of carbonyl (C=O) groups is 2. The topological polar surface area (TPSA) is 71.1 Å². The van der Waals surface area contributed by atoms with Crippen LogP contribution in [0.5, 0.6) is 0 Å². The monoisotopic (exact) mass is 351 g/mol. The predicted octanol–water partition coefficient (Wildman–Crippen LogP) is 3.55. The third kappa shape index (κ3) is 5.03. The molecule has 0 radical (unpaired) electrons. The Balaban J connectivity index is 2.14. The van der Waals surface area contributed by atoms with Crippen LogP contribution in [-0.2, 0) is 11.0 Å². The second-order valence-corrected chi connectivity index (χ2v) is 5.43. The highest BCUT2D eigenvalue weighted by Crippen LogP contribution is 2.30. The van der Waals surface area contributed by atoms with E-state index in [1.165, 1.54) is 37.4 Å². The molecule has 2 rings (SSSR count). The molecule has 1 heterocycles. The Morgan fingerprint density at radius 1 is 1.16 bits per heavy atom. The Hall–Kier alpha value is -2.90. The van der Waals surface area contributed by atoms with Gasteiger partial charge in [0, 0.05) is 18.7 Å². The van der Waals surface area contributed by atoms with Crippen molar-refractivity contribution in [2.75, 3.05) is 5.32 Å². The van der Waals surface area contributed by atoms with Crippen molar-refractivity contribution in [3.05, 3.63) is 59.3 Å². The number of anilines is 1. The Morgan fingerprint density at radius 3 is 2.52 bits per heavy atom. The molecule has 1 aromatic carbocycles. The average Bonchev–Trinajstić information content (AvgIpc) is 2.53. The largest absolute Gasteiger partial charge is 0.416 e. The van der Waals surface area contributed by atoms with Crippen molar-refractivity contribution in [3.63, 3.8) is 0 Å². The van der Waals surface area contributed by atoms with Crippen molar-refractivity contribution in [3.8, 4) is 0 Å². The van der Waals surface area contributed by atoms with E-state index in [1.807, 2.05) is 0 Å². The number of amides is 2. The van der Waals surface area contributed by atoms with E-state index in [0.717, 1.165) is 12.1 Å². The lowest BCUT2D eigenvalue weighted by Crippen LogP contribution is -2.27. The molecule has 0 aliphatic rings. The zero-order valence-electron chi connectivity index (χ0n) is 13.5. The van der Waals surface area contributed by atoms with E-state index in [4.69, 9.17) is 0 Å². The summed E-state index contributed by atoms with van der Waals surface area (Å²) in [6.07, 6.45) is -3.09. The van der Waals surface area contributed by atoms with Gasteiger partial charge in [-0.25, -0.2) is 4.98 Å². The molecule has 0 saturated heterocycles. The summed E-state index contributed by atoms with van der Waals surface area (Å²) in [5.74, 6) is -0.604. The first kappa shape index (κ1) is 18.4. The summed E-state index contributed by atoms with van der Waals surface area (Å²) in [5, 5.41) is 5.08. The van der Waals surface area contributed by atoms with Gasteiger partial charge in [0.2, 0.25) is 5.91 Å². The van der Waals surface area contributed by atoms with E-state index in [-0.39, 0.29) is 17.3 Å². The van der Waals surface area contributed by atoms with Gasteiger partial charge in [-0.15, -0.1) is 0 Å². The SMILES string of the molecule is CC(=O)Nc1cc(C(=O)NC(C)c2cccc(C(F)(F)F)c2)ccn1. The fourth-order valence-electron chi connectivity index (χ4n) is 2.17. The standard InChI is InChI=1S/C17H16F3N3O2/c1-10(12-4-3-5-14(8-12)17(18,19)20)22-16(25)13-6-7-21-15(9-13)23-11(2)24/h3-10H,1-2H3,(H,22,25)(H,21,23,24). The van der Waals surface area contributed by atoms with Crippen molar-refractivity contribution >= 4 is 17.6 Å². The van der Waals surface area contributed by atoms with E-state index < -0.39 is 23.7 Å². The van der Waals surface area contributed by atoms with Gasteiger partial charge in [-0.05, 0) is 36.8 Å². The molecule has 0 aliphatic carbocycles. The maximum absolute atomic E-state index is 12.8. The fraction of sp³-hybridized carbons (Fsp3) is 0.235. The van der Waals surface area contributed by atoms with E-state index >= 15 is 0 Å². The summed E-state index contributed by atoms with van der Waals surface area (Å²) in [6, 6.07) is 6.97. The van der Waals surface area contributed by atoms with Gasteiger partial charge in [0.15, 0.2) is 0 Å². The summed E-state index contributed by atoms with van der Waals surface area (Å²) in [6.45, 7) is 2.90. The summed E-state index contributed by atoms with van der Waals surface area (Å²) in [5.41, 5.74) is -0.208. The second kappa shape index (κ2) is 7.33. The molecule has 0 spiro atoms. The zero-order valence-corrected chi connectivity index (χ0v) is 13.5. The fourth-order valence-corrected chi connectivity index (χ4v) is 2.17. The second-order valence-electron chi connectivity index (χ2n) is 5.43. The molecule has 2 N–H and O–H groups in total. The molecule has 0 saturated carbocycles. The van der Waals surface area contributed by atoms with Crippen LogP contribution >= 0.6 is 0 Å². The number of pyridine rings is 1. The lowest BCUT2D eigenvalue weighted by molar-refractivity contribution is -0.137. The number of nitrogens with zero attached hydrogens (tertiary/aromatic N) is 1. The first-order valence-corrected chi connectivity index (χ1v) is 7.38. The highest BCUT2D eigenvalue weighted by Gasteiger charge is 2.30. The molecule has 132 valence electrons. The number of hydrogen-bond donors (Lipinski definition) is 2. The zero-order chi connectivity index (χ0) is 18.6. The van der Waals surface area contributed by atoms with Gasteiger partial charge < -0.3 is 10.6 Å². The Morgan fingerprint density at radius 2 is 1.88 bits per heavy atom. The van der Waals surface area contributed by atoms with Crippen LogP contribution in [0, 0.1) is 0 Å². The summed E-state index contributed by atoms with van der Waals surface area (Å²) < 4.78 is 38.3. The van der Waals surface area contributed by atoms with E-state index in [2.05, 4.69) is 15.6 Å². The number of carbonyl (C=O) groups excluding carboxylic acids is 2. The van der Waals surface area contributed by atoms with Crippen molar-refractivity contribution < 1.29 is 22.8 Å². The van der Waals surface area contributed by atoms with Crippen molar-refractivity contribution in [1.82, 2.24) is 10.3 Å². The molecule has 0 bridgehead atoms. The van der Waals surface area contributed by atoms with Crippen molar-refractivity contribution in [1.29, 1.82) is 0 Å². The van der Waals surface area contributed by atoms with Gasteiger partial charge in [0.25, 0.3) is 5.91 Å². The van der Waals surface area contributed by atoms with Crippen molar-refractivity contribution in [2.45, 2.75) is 26.1 Å². The van der Waals surface area contributed by atoms with E-state index in [1.54, 1.807) is 6.92 Å². The van der Waals surface area contributed by atoms with Gasteiger partial charge in [0.1, 0.15) is 5.82 Å². The van der Waals surface area contributed by atoms with Gasteiger partial charge >= 0.3 is 6.18 Å². The number of alkyl halides is 3. The van der Waals surface area contributed by atoms with Crippen LogP contribution in [0.3, 0.4) is 0 Å². The van der Waals surface area contributed by atoms with Gasteiger partial charge in [-0.1, -0.05) is 12.1 Å². The number of hydrogen-bond acceptors (Lipinski definition) is 3. The maximum Gasteiger partial charge on any atom is 0.416 e. The summed E-state index contributed by atoms with van der Waals surface area (Å²) in [7, 11) is 0. The predicted molar refractivity (Wildman–Crippen MR) is 85.9 cm³/mol. The molecule has 2 aromatic rings. The number of nitrogens with one attached hydrogen (secondary N) is 2. The Bertz CT molecular complexity index is 791. The molecule has 2 amide bonds. The lowest BCUT2D eigenvalue weighted by atomic mass is 10.0. The van der Waals surface area contributed by atoms with Gasteiger partial charge in [-0.3, -0.25) is 9.59 Å². The first-order valence-electron chi connectivity index (χ1n) is 7.38. The number of aromatic nitrogens is 1. The molecule has 25 heavy (non-hydrogen) atoms. The molecule has 5 nitrogen and oxygen atoms in total. The van der Waals surface area contributed by atoms with Gasteiger partial charge in [0.05, 0.1) is 11.6 Å². The van der Waals surface area contributed by atoms with E-state index in [9.17, 15) is 22.8 Å². The van der Waals surface area contributed by atoms with Crippen LogP contribution in [0.1, 0.15) is 41.4 Å². The maximum atomic E-state index is 12.8. The minimum atomic E-state index is -4.45. The van der Waals surface area contributed by atoms with Gasteiger partial charge in [-0.2, -0.15) is 13.2 Å². The highest BCUT2D eigenvalue weighted by molar-refractivity contribution is 5.96. The molecule has 0 fully saturated rings. The Kier molecular flexibility index (Phi) is 5.41. The van der Waals surface area contributed by atoms with Crippen molar-refractivity contribution in [2.24, 2.45) is 0 Å². The smallest absolute Gasteiger partial charge is 0.346 e. The van der Waals surface area contributed by atoms with E-state index in [0.29, 0.717) is 5.56 Å². The number of halogens is 3. The molecular weight excluding hydrogens is 335 g/mol. The lowest BCUT2D eigenvalue weighted by Gasteiger charge is -2.16. The summed E-state index contributed by atoms with van der Waals surface area (Å²) >= 11 is 0. The molecule has 0 aliphatic heterocycles. The molecule has 1 aromatic heterocycles. The molecular formula is C17H16F3N3O2. The van der Waals surface area contributed by atoms with Crippen LogP contribution in [-0.4, -0.2) is 16.8 Å². The molecule has 1 unspecified atom stereocenters. The minimum absolute atomic E-state index is 0.215. The number of benzene rings is 1. The molecule has 1 atom stereocenters. The normalized spacial score (nSPS) is 12.4. The van der Waals surface area contributed by atoms with Crippen LogP contribution < -0.4 is 10.6 Å². The molecule has 8 heteroatoms. The quantitative estimate of drug-likeness (QED) is 0.885. The third-order valence-corrected chi connectivity index (χ3v) is 3.39. The van der Waals surface area contributed by atoms with Crippen LogP contribution in [0.2, 0.25) is 0 Å². The highest BCUT2D eigenvalue weighted by atomic mass is 19.4. The number of rotatable bonds is 4. The average molecular weight is 351 g/mol. The third-order valence-electron chi connectivity index (χ3n) is 3.39. The van der Waals surface area contributed by atoms with Crippen LogP contribution in [0.25, 0.3) is 0 Å². The summed E-state index contributed by atoms with van der Waals surface area (Å²) in [4.78, 5) is 27.2. The first-order chi connectivity index (χ1) is 11.7. The minimum Gasteiger partial charge on any atom is -0.346 e. The Labute approximate surface area is 142 Å².